The van der Waals surface area contributed by atoms with Crippen molar-refractivity contribution in [3.63, 3.8) is 0 Å². The molecule has 0 unspecified atom stereocenters. The number of sulfonamides is 1. The number of rotatable bonds is 6. The zero-order valence-electron chi connectivity index (χ0n) is 9.19. The topological polar surface area (TPSA) is 83.5 Å². The van der Waals surface area contributed by atoms with Crippen LogP contribution in [0.3, 0.4) is 0 Å². The Labute approximate surface area is 115 Å². The molecule has 8 heteroatoms. The van der Waals surface area contributed by atoms with E-state index in [9.17, 15) is 13.2 Å². The van der Waals surface area contributed by atoms with E-state index in [-0.39, 0.29) is 23.6 Å². The number of aliphatic carboxylic acids is 1. The van der Waals surface area contributed by atoms with Gasteiger partial charge in [0.1, 0.15) is 0 Å². The summed E-state index contributed by atoms with van der Waals surface area (Å²) in [6, 6.07) is 4.33. The molecular weight excluding hydrogens is 301 g/mol. The molecule has 100 valence electrons. The normalized spacial score (nSPS) is 11.2. The minimum absolute atomic E-state index is 0.0476. The predicted molar refractivity (Wildman–Crippen MR) is 70.7 cm³/mol. The fraction of sp³-hybridized carbons (Fsp3) is 0.300. The van der Waals surface area contributed by atoms with E-state index >= 15 is 0 Å². The van der Waals surface area contributed by atoms with Crippen LogP contribution in [0.15, 0.2) is 18.2 Å². The second-order valence-corrected chi connectivity index (χ2v) is 6.20. The fourth-order valence-corrected chi connectivity index (χ4v) is 2.61. The van der Waals surface area contributed by atoms with E-state index in [1.165, 1.54) is 18.2 Å². The van der Waals surface area contributed by atoms with Crippen LogP contribution in [0.2, 0.25) is 10.0 Å². The van der Waals surface area contributed by atoms with Gasteiger partial charge in [-0.25, -0.2) is 8.42 Å². The average molecular weight is 312 g/mol. The van der Waals surface area contributed by atoms with Gasteiger partial charge in [0.15, 0.2) is 0 Å². The number of carbonyl (C=O) groups is 1. The Hall–Kier alpha value is -0.980. The van der Waals surface area contributed by atoms with Gasteiger partial charge in [-0.15, -0.1) is 0 Å². The van der Waals surface area contributed by atoms with Crippen molar-refractivity contribution in [2.45, 2.75) is 12.8 Å². The monoisotopic (exact) mass is 311 g/mol. The molecule has 0 spiro atoms. The number of carboxylic acid groups (broad SMARTS) is 1. The Balaban J connectivity index is 2.64. The van der Waals surface area contributed by atoms with Crippen molar-refractivity contribution in [2.24, 2.45) is 0 Å². The van der Waals surface area contributed by atoms with Crippen LogP contribution in [0.25, 0.3) is 0 Å². The minimum Gasteiger partial charge on any atom is -0.481 e. The van der Waals surface area contributed by atoms with E-state index in [4.69, 9.17) is 28.3 Å². The zero-order chi connectivity index (χ0) is 13.8. The van der Waals surface area contributed by atoms with E-state index in [0.29, 0.717) is 10.7 Å². The summed E-state index contributed by atoms with van der Waals surface area (Å²) in [4.78, 5) is 10.3. The Morgan fingerprint density at radius 3 is 2.50 bits per heavy atom. The van der Waals surface area contributed by atoms with Crippen LogP contribution in [-0.2, 0) is 14.8 Å². The molecule has 0 saturated carbocycles. The smallest absolute Gasteiger partial charge is 0.303 e. The van der Waals surface area contributed by atoms with Gasteiger partial charge in [0.25, 0.3) is 0 Å². The number of hydrogen-bond donors (Lipinski definition) is 2. The van der Waals surface area contributed by atoms with Crippen molar-refractivity contribution in [1.29, 1.82) is 0 Å². The van der Waals surface area contributed by atoms with Gasteiger partial charge in [-0.05, 0) is 24.6 Å². The number of nitrogens with one attached hydrogen (secondary N) is 1. The average Bonchev–Trinajstić information content (AvgIpc) is 2.22. The van der Waals surface area contributed by atoms with E-state index in [1.54, 1.807) is 0 Å². The highest BCUT2D eigenvalue weighted by Crippen LogP contribution is 2.25. The summed E-state index contributed by atoms with van der Waals surface area (Å²) >= 11 is 11.4. The summed E-state index contributed by atoms with van der Waals surface area (Å²) in [5.74, 6) is -1.29. The summed E-state index contributed by atoms with van der Waals surface area (Å²) in [7, 11) is -3.57. The Bertz CT molecular complexity index is 545. The highest BCUT2D eigenvalue weighted by atomic mass is 35.5. The van der Waals surface area contributed by atoms with Gasteiger partial charge in [-0.2, -0.15) is 0 Å². The van der Waals surface area contributed by atoms with Gasteiger partial charge in [-0.3, -0.25) is 9.52 Å². The molecule has 5 nitrogen and oxygen atoms in total. The first-order valence-electron chi connectivity index (χ1n) is 4.97. The fourth-order valence-electron chi connectivity index (χ4n) is 1.20. The lowest BCUT2D eigenvalue weighted by Gasteiger charge is -2.08. The molecule has 0 aliphatic heterocycles. The van der Waals surface area contributed by atoms with Crippen molar-refractivity contribution >= 4 is 44.9 Å². The molecule has 2 N–H and O–H groups in total. The number of anilines is 1. The zero-order valence-corrected chi connectivity index (χ0v) is 11.5. The first-order chi connectivity index (χ1) is 8.30. The van der Waals surface area contributed by atoms with Crippen molar-refractivity contribution in [1.82, 2.24) is 0 Å². The lowest BCUT2D eigenvalue weighted by atomic mass is 10.3. The lowest BCUT2D eigenvalue weighted by molar-refractivity contribution is -0.137. The highest BCUT2D eigenvalue weighted by molar-refractivity contribution is 7.92. The van der Waals surface area contributed by atoms with E-state index in [0.717, 1.165) is 0 Å². The highest BCUT2D eigenvalue weighted by Gasteiger charge is 2.12. The van der Waals surface area contributed by atoms with Crippen molar-refractivity contribution in [3.8, 4) is 0 Å². The maximum Gasteiger partial charge on any atom is 0.303 e. The van der Waals surface area contributed by atoms with Crippen molar-refractivity contribution in [3.05, 3.63) is 28.2 Å². The van der Waals surface area contributed by atoms with Crippen LogP contribution < -0.4 is 4.72 Å². The Kier molecular flexibility index (Phi) is 5.25. The quantitative estimate of drug-likeness (QED) is 0.845. The second kappa shape index (κ2) is 6.26. The Morgan fingerprint density at radius 2 is 1.94 bits per heavy atom. The van der Waals surface area contributed by atoms with Crippen LogP contribution in [0.4, 0.5) is 5.69 Å². The van der Waals surface area contributed by atoms with Gasteiger partial charge >= 0.3 is 5.97 Å². The SMILES string of the molecule is O=C(O)CCCS(=O)(=O)Nc1ccc(Cl)c(Cl)c1. The van der Waals surface area contributed by atoms with E-state index < -0.39 is 16.0 Å². The van der Waals surface area contributed by atoms with Gasteiger partial charge < -0.3 is 5.11 Å². The Morgan fingerprint density at radius 1 is 1.28 bits per heavy atom. The summed E-state index contributed by atoms with van der Waals surface area (Å²) in [5, 5.41) is 8.98. The predicted octanol–water partition coefficient (Wildman–Crippen LogP) is 2.60. The molecule has 0 heterocycles. The van der Waals surface area contributed by atoms with Gasteiger partial charge in [0.05, 0.1) is 21.5 Å². The summed E-state index contributed by atoms with van der Waals surface area (Å²) in [6.45, 7) is 0. The second-order valence-electron chi connectivity index (χ2n) is 3.55. The third-order valence-corrected chi connectivity index (χ3v) is 4.11. The maximum atomic E-state index is 11.6. The standard InChI is InChI=1S/C10H11Cl2NO4S/c11-8-4-3-7(6-9(8)12)13-18(16,17)5-1-2-10(14)15/h3-4,6,13H,1-2,5H2,(H,14,15). The van der Waals surface area contributed by atoms with Crippen molar-refractivity contribution < 1.29 is 18.3 Å². The largest absolute Gasteiger partial charge is 0.481 e. The lowest BCUT2D eigenvalue weighted by Crippen LogP contribution is -2.17. The summed E-state index contributed by atoms with van der Waals surface area (Å²) in [6.07, 6.45) is -0.145. The van der Waals surface area contributed by atoms with Crippen LogP contribution >= 0.6 is 23.2 Å². The first-order valence-corrected chi connectivity index (χ1v) is 7.38. The van der Waals surface area contributed by atoms with Gasteiger partial charge in [0, 0.05) is 6.42 Å². The molecule has 0 aliphatic rings. The molecule has 1 aromatic carbocycles. The molecule has 0 fully saturated rings. The van der Waals surface area contributed by atoms with Crippen LogP contribution in [0.1, 0.15) is 12.8 Å². The molecule has 1 aromatic rings. The molecule has 0 aromatic heterocycles. The molecular formula is C10H11Cl2NO4S. The van der Waals surface area contributed by atoms with Crippen LogP contribution in [0.5, 0.6) is 0 Å². The minimum atomic E-state index is -3.57. The third kappa shape index (κ3) is 5.12. The first kappa shape index (κ1) is 15.1. The molecule has 0 bridgehead atoms. The van der Waals surface area contributed by atoms with Crippen LogP contribution in [0, 0.1) is 0 Å². The molecule has 0 aliphatic carbocycles. The molecule has 18 heavy (non-hydrogen) atoms. The number of halogens is 2. The van der Waals surface area contributed by atoms with Gasteiger partial charge in [0.2, 0.25) is 10.0 Å². The van der Waals surface area contributed by atoms with Crippen molar-refractivity contribution in [2.75, 3.05) is 10.5 Å². The molecule has 0 saturated heterocycles. The number of hydrogen-bond acceptors (Lipinski definition) is 3. The summed E-state index contributed by atoms with van der Waals surface area (Å²) < 4.78 is 25.5. The van der Waals surface area contributed by atoms with E-state index in [1.807, 2.05) is 0 Å². The summed E-state index contributed by atoms with van der Waals surface area (Å²) in [5.41, 5.74) is 0.291. The molecule has 0 amide bonds. The number of carboxylic acids is 1. The van der Waals surface area contributed by atoms with Gasteiger partial charge in [-0.1, -0.05) is 23.2 Å². The molecule has 1 rings (SSSR count). The number of benzene rings is 1. The van der Waals surface area contributed by atoms with Crippen LogP contribution in [-0.4, -0.2) is 25.2 Å². The molecule has 0 atom stereocenters. The van der Waals surface area contributed by atoms with E-state index in [2.05, 4.69) is 4.72 Å². The third-order valence-electron chi connectivity index (χ3n) is 2.00. The molecule has 0 radical (unpaired) electrons. The maximum absolute atomic E-state index is 11.6.